The summed E-state index contributed by atoms with van der Waals surface area (Å²) in [6, 6.07) is 15.9. The van der Waals surface area contributed by atoms with E-state index in [0.29, 0.717) is 6.42 Å². The van der Waals surface area contributed by atoms with E-state index in [0.717, 1.165) is 48.6 Å². The first-order valence-electron chi connectivity index (χ1n) is 7.90. The molecule has 2 heterocycles. The first-order chi connectivity index (χ1) is 12.6. The predicted octanol–water partition coefficient (Wildman–Crippen LogP) is 5.58. The molecule has 0 saturated carbocycles. The highest BCUT2D eigenvalue weighted by molar-refractivity contribution is 8.03. The number of aromatic nitrogens is 3. The van der Waals surface area contributed by atoms with Crippen molar-refractivity contribution >= 4 is 39.7 Å². The van der Waals surface area contributed by atoms with Crippen LogP contribution in [0.2, 0.25) is 5.02 Å². The number of thioether (sulfide) groups is 1. The van der Waals surface area contributed by atoms with Gasteiger partial charge in [0.05, 0.1) is 0 Å². The minimum Gasteiger partial charge on any atom is -0.216 e. The van der Waals surface area contributed by atoms with Gasteiger partial charge in [-0.25, -0.2) is 4.98 Å². The van der Waals surface area contributed by atoms with Gasteiger partial charge in [-0.2, -0.15) is 14.9 Å². The Bertz CT molecular complexity index is 1110. The average Bonchev–Trinajstić information content (AvgIpc) is 3.17. The van der Waals surface area contributed by atoms with Crippen molar-refractivity contribution < 1.29 is 0 Å². The van der Waals surface area contributed by atoms with Gasteiger partial charge in [-0.05, 0) is 24.6 Å². The fraction of sp³-hybridized carbons (Fsp3) is 0.105. The van der Waals surface area contributed by atoms with Gasteiger partial charge in [0, 0.05) is 28.8 Å². The number of rotatable bonds is 4. The lowest BCUT2D eigenvalue weighted by Gasteiger charge is -2.01. The second-order valence-electron chi connectivity index (χ2n) is 5.82. The lowest BCUT2D eigenvalue weighted by molar-refractivity contribution is 0.853. The van der Waals surface area contributed by atoms with Crippen molar-refractivity contribution in [2.45, 2.75) is 18.4 Å². The Morgan fingerprint density at radius 3 is 2.58 bits per heavy atom. The van der Waals surface area contributed by atoms with E-state index < -0.39 is 0 Å². The van der Waals surface area contributed by atoms with E-state index in [-0.39, 0.29) is 0 Å². The van der Waals surface area contributed by atoms with Gasteiger partial charge in [0.1, 0.15) is 21.1 Å². The molecule has 2 aromatic heterocycles. The van der Waals surface area contributed by atoms with Crippen molar-refractivity contribution in [2.75, 3.05) is 0 Å². The molecule has 0 saturated heterocycles. The second-order valence-corrected chi connectivity index (χ2v) is 8.07. The Hall–Kier alpha value is -2.33. The molecule has 2 aromatic carbocycles. The summed E-state index contributed by atoms with van der Waals surface area (Å²) in [5.41, 5.74) is 4.12. The summed E-state index contributed by atoms with van der Waals surface area (Å²) in [5.74, 6) is 0. The van der Waals surface area contributed by atoms with Crippen LogP contribution in [0.3, 0.4) is 0 Å². The van der Waals surface area contributed by atoms with E-state index in [2.05, 4.69) is 10.5 Å². The smallest absolute Gasteiger partial charge is 0.213 e. The van der Waals surface area contributed by atoms with Crippen LogP contribution in [0.1, 0.15) is 16.1 Å². The molecule has 0 bridgehead atoms. The molecular formula is C19H13ClN4S2. The molecular weight excluding hydrogens is 384 g/mol. The molecule has 4 rings (SSSR count). The van der Waals surface area contributed by atoms with Crippen LogP contribution in [0, 0.1) is 17.6 Å². The minimum absolute atomic E-state index is 0.710. The third kappa shape index (κ3) is 3.34. The van der Waals surface area contributed by atoms with Crippen LogP contribution in [-0.2, 0) is 6.42 Å². The number of hydrogen-bond acceptors (Lipinski definition) is 5. The van der Waals surface area contributed by atoms with Crippen molar-refractivity contribution in [1.82, 2.24) is 14.6 Å². The molecule has 0 unspecified atom stereocenters. The van der Waals surface area contributed by atoms with Crippen LogP contribution in [-0.4, -0.2) is 14.6 Å². The van der Waals surface area contributed by atoms with Crippen LogP contribution >= 0.6 is 34.7 Å². The normalized spacial score (nSPS) is 11.0. The molecule has 0 radical (unpaired) electrons. The van der Waals surface area contributed by atoms with Crippen LogP contribution in [0.25, 0.3) is 16.2 Å². The molecule has 0 fully saturated rings. The Labute approximate surface area is 164 Å². The Morgan fingerprint density at radius 1 is 1.15 bits per heavy atom. The largest absolute Gasteiger partial charge is 0.216 e. The summed E-state index contributed by atoms with van der Waals surface area (Å²) in [6.07, 6.45) is 0.710. The quantitative estimate of drug-likeness (QED) is 0.333. The number of hydrogen-bond donors (Lipinski definition) is 0. The molecule has 0 amide bonds. The number of aryl methyl sites for hydroxylation is 1. The van der Waals surface area contributed by atoms with Gasteiger partial charge >= 0.3 is 0 Å². The third-order valence-corrected chi connectivity index (χ3v) is 5.75. The van der Waals surface area contributed by atoms with E-state index in [1.165, 1.54) is 16.9 Å². The lowest BCUT2D eigenvalue weighted by Crippen LogP contribution is -1.92. The van der Waals surface area contributed by atoms with Crippen LogP contribution in [0.4, 0.5) is 0 Å². The molecule has 0 aliphatic rings. The van der Waals surface area contributed by atoms with Crippen molar-refractivity contribution in [2.24, 2.45) is 0 Å². The summed E-state index contributed by atoms with van der Waals surface area (Å²) < 4.78 is 1.78. The highest BCUT2D eigenvalue weighted by Gasteiger charge is 2.18. The SMILES string of the molecule is Cc1ccc(-c2nc3sc(Cc4ccc(Cl)cc4)nn3c2SC#N)cc1. The van der Waals surface area contributed by atoms with Gasteiger partial charge in [-0.3, -0.25) is 0 Å². The third-order valence-electron chi connectivity index (χ3n) is 3.94. The number of nitrogens with zero attached hydrogens (tertiary/aromatic N) is 4. The Morgan fingerprint density at radius 2 is 1.88 bits per heavy atom. The predicted molar refractivity (Wildman–Crippen MR) is 107 cm³/mol. The first kappa shape index (κ1) is 17.1. The zero-order chi connectivity index (χ0) is 18.1. The standard InChI is InChI=1S/C19H13ClN4S2/c1-12-2-6-14(7-3-12)17-18(25-11-21)24-19(22-17)26-16(23-24)10-13-4-8-15(20)9-5-13/h2-9H,10H2,1H3. The van der Waals surface area contributed by atoms with Crippen molar-refractivity contribution in [3.63, 3.8) is 0 Å². The maximum atomic E-state index is 9.22. The number of fused-ring (bicyclic) bond motifs is 1. The summed E-state index contributed by atoms with van der Waals surface area (Å²) in [4.78, 5) is 5.53. The van der Waals surface area contributed by atoms with E-state index >= 15 is 0 Å². The molecule has 0 N–H and O–H groups in total. The first-order valence-corrected chi connectivity index (χ1v) is 9.91. The average molecular weight is 397 g/mol. The van der Waals surface area contributed by atoms with E-state index in [1.807, 2.05) is 55.5 Å². The Balaban J connectivity index is 1.73. The summed E-state index contributed by atoms with van der Waals surface area (Å²) >= 11 is 8.57. The van der Waals surface area contributed by atoms with Crippen molar-refractivity contribution in [1.29, 1.82) is 5.26 Å². The topological polar surface area (TPSA) is 54.0 Å². The minimum atomic E-state index is 0.710. The van der Waals surface area contributed by atoms with Gasteiger partial charge < -0.3 is 0 Å². The van der Waals surface area contributed by atoms with Gasteiger partial charge in [0.25, 0.3) is 0 Å². The monoisotopic (exact) mass is 396 g/mol. The van der Waals surface area contributed by atoms with Crippen molar-refractivity contribution in [3.05, 3.63) is 69.7 Å². The maximum absolute atomic E-state index is 9.22. The number of thiocyanates is 1. The molecule has 128 valence electrons. The van der Waals surface area contributed by atoms with Gasteiger partial charge in [0.2, 0.25) is 4.96 Å². The molecule has 26 heavy (non-hydrogen) atoms. The molecule has 0 spiro atoms. The number of imidazole rings is 1. The van der Waals surface area contributed by atoms with E-state index in [4.69, 9.17) is 16.6 Å². The van der Waals surface area contributed by atoms with E-state index in [9.17, 15) is 5.26 Å². The number of benzene rings is 2. The van der Waals surface area contributed by atoms with Crippen LogP contribution < -0.4 is 0 Å². The fourth-order valence-corrected chi connectivity index (χ4v) is 4.32. The fourth-order valence-electron chi connectivity index (χ4n) is 2.65. The van der Waals surface area contributed by atoms with E-state index in [1.54, 1.807) is 4.52 Å². The van der Waals surface area contributed by atoms with Gasteiger partial charge in [-0.15, -0.1) is 0 Å². The zero-order valence-corrected chi connectivity index (χ0v) is 16.2. The summed E-state index contributed by atoms with van der Waals surface area (Å²) in [7, 11) is 0. The molecule has 7 heteroatoms. The Kier molecular flexibility index (Phi) is 4.68. The second kappa shape index (κ2) is 7.12. The summed E-state index contributed by atoms with van der Waals surface area (Å²) in [6.45, 7) is 2.05. The van der Waals surface area contributed by atoms with Crippen LogP contribution in [0.15, 0.2) is 53.6 Å². The lowest BCUT2D eigenvalue weighted by atomic mass is 10.1. The number of halogens is 1. The molecule has 0 atom stereocenters. The zero-order valence-electron chi connectivity index (χ0n) is 13.8. The molecule has 0 aliphatic heterocycles. The molecule has 0 aliphatic carbocycles. The van der Waals surface area contributed by atoms with Gasteiger partial charge in [0.15, 0.2) is 0 Å². The highest BCUT2D eigenvalue weighted by Crippen LogP contribution is 2.33. The summed E-state index contributed by atoms with van der Waals surface area (Å²) in [5, 5.41) is 18.5. The molecule has 4 aromatic rings. The molecule has 4 nitrogen and oxygen atoms in total. The van der Waals surface area contributed by atoms with Gasteiger partial charge in [-0.1, -0.05) is 64.9 Å². The highest BCUT2D eigenvalue weighted by atomic mass is 35.5. The van der Waals surface area contributed by atoms with Crippen molar-refractivity contribution in [3.8, 4) is 16.7 Å². The number of nitriles is 1. The maximum Gasteiger partial charge on any atom is 0.213 e. The van der Waals surface area contributed by atoms with Crippen LogP contribution in [0.5, 0.6) is 0 Å².